The standard InChI is InChI=1S/C15H22O4/c1-4-19-15(16)8-6-5-7-12-9-10-13(17-2)14(11-12)18-3/h9-11H,4-8H2,1-3H3. The van der Waals surface area contributed by atoms with Crippen LogP contribution in [0.3, 0.4) is 0 Å². The van der Waals surface area contributed by atoms with E-state index in [1.165, 1.54) is 5.56 Å². The van der Waals surface area contributed by atoms with Crippen molar-refractivity contribution in [2.45, 2.75) is 32.6 Å². The van der Waals surface area contributed by atoms with Gasteiger partial charge in [0.25, 0.3) is 0 Å². The summed E-state index contributed by atoms with van der Waals surface area (Å²) in [7, 11) is 3.25. The van der Waals surface area contributed by atoms with Crippen molar-refractivity contribution in [1.29, 1.82) is 0 Å². The Morgan fingerprint density at radius 1 is 1.11 bits per heavy atom. The molecule has 0 aliphatic heterocycles. The molecule has 4 heteroatoms. The van der Waals surface area contributed by atoms with Crippen molar-refractivity contribution in [2.75, 3.05) is 20.8 Å². The SMILES string of the molecule is CCOC(=O)CCCCc1ccc(OC)c(OC)c1. The van der Waals surface area contributed by atoms with E-state index in [9.17, 15) is 4.79 Å². The van der Waals surface area contributed by atoms with Gasteiger partial charge in [0.05, 0.1) is 20.8 Å². The fourth-order valence-corrected chi connectivity index (χ4v) is 1.87. The predicted octanol–water partition coefficient (Wildman–Crippen LogP) is 2.98. The monoisotopic (exact) mass is 266 g/mol. The Bertz CT molecular complexity index is 401. The van der Waals surface area contributed by atoms with E-state index in [-0.39, 0.29) is 5.97 Å². The normalized spacial score (nSPS) is 10.1. The van der Waals surface area contributed by atoms with Crippen LogP contribution in [-0.2, 0) is 16.0 Å². The van der Waals surface area contributed by atoms with Crippen LogP contribution in [0.15, 0.2) is 18.2 Å². The molecule has 0 heterocycles. The highest BCUT2D eigenvalue weighted by molar-refractivity contribution is 5.69. The predicted molar refractivity (Wildman–Crippen MR) is 73.7 cm³/mol. The molecule has 1 aromatic rings. The lowest BCUT2D eigenvalue weighted by atomic mass is 10.1. The summed E-state index contributed by atoms with van der Waals surface area (Å²) in [5, 5.41) is 0. The van der Waals surface area contributed by atoms with Crippen molar-refractivity contribution in [3.8, 4) is 11.5 Å². The summed E-state index contributed by atoms with van der Waals surface area (Å²) in [6.07, 6.45) is 3.20. The first kappa shape index (κ1) is 15.3. The summed E-state index contributed by atoms with van der Waals surface area (Å²) < 4.78 is 15.3. The van der Waals surface area contributed by atoms with Crippen LogP contribution in [0.4, 0.5) is 0 Å². The largest absolute Gasteiger partial charge is 0.493 e. The Kier molecular flexibility index (Phi) is 6.79. The first-order chi connectivity index (χ1) is 9.21. The Hall–Kier alpha value is -1.71. The zero-order chi connectivity index (χ0) is 14.1. The van der Waals surface area contributed by atoms with Gasteiger partial charge in [0.15, 0.2) is 11.5 Å². The van der Waals surface area contributed by atoms with Crippen molar-refractivity contribution < 1.29 is 19.0 Å². The van der Waals surface area contributed by atoms with Crippen LogP contribution in [0.5, 0.6) is 11.5 Å². The van der Waals surface area contributed by atoms with Crippen LogP contribution in [0.2, 0.25) is 0 Å². The molecule has 0 aliphatic carbocycles. The summed E-state index contributed by atoms with van der Waals surface area (Å²) in [6, 6.07) is 5.90. The van der Waals surface area contributed by atoms with E-state index in [2.05, 4.69) is 0 Å². The van der Waals surface area contributed by atoms with Crippen molar-refractivity contribution in [3.05, 3.63) is 23.8 Å². The Morgan fingerprint density at radius 2 is 1.84 bits per heavy atom. The van der Waals surface area contributed by atoms with Crippen LogP contribution in [0.1, 0.15) is 31.7 Å². The van der Waals surface area contributed by atoms with Crippen molar-refractivity contribution >= 4 is 5.97 Å². The third-order valence-electron chi connectivity index (χ3n) is 2.85. The molecule has 0 aromatic heterocycles. The molecule has 0 radical (unpaired) electrons. The van der Waals surface area contributed by atoms with E-state index in [1.54, 1.807) is 14.2 Å². The first-order valence-electron chi connectivity index (χ1n) is 6.57. The van der Waals surface area contributed by atoms with E-state index in [4.69, 9.17) is 14.2 Å². The Morgan fingerprint density at radius 3 is 2.47 bits per heavy atom. The molecule has 0 N–H and O–H groups in total. The van der Waals surface area contributed by atoms with Crippen molar-refractivity contribution in [3.63, 3.8) is 0 Å². The summed E-state index contributed by atoms with van der Waals surface area (Å²) in [5.41, 5.74) is 1.18. The number of benzene rings is 1. The molecule has 0 saturated heterocycles. The highest BCUT2D eigenvalue weighted by Gasteiger charge is 2.05. The van der Waals surface area contributed by atoms with Gasteiger partial charge in [-0.15, -0.1) is 0 Å². The van der Waals surface area contributed by atoms with E-state index in [1.807, 2.05) is 25.1 Å². The molecule has 0 saturated carbocycles. The highest BCUT2D eigenvalue weighted by atomic mass is 16.5. The molecule has 0 fully saturated rings. The minimum atomic E-state index is -0.116. The number of aryl methyl sites for hydroxylation is 1. The van der Waals surface area contributed by atoms with E-state index in [0.717, 1.165) is 30.8 Å². The molecule has 0 aliphatic rings. The second-order valence-electron chi connectivity index (χ2n) is 4.20. The smallest absolute Gasteiger partial charge is 0.305 e. The minimum absolute atomic E-state index is 0.116. The second-order valence-corrected chi connectivity index (χ2v) is 4.20. The number of carbonyl (C=O) groups excluding carboxylic acids is 1. The first-order valence-corrected chi connectivity index (χ1v) is 6.57. The fourth-order valence-electron chi connectivity index (χ4n) is 1.87. The number of rotatable bonds is 8. The van der Waals surface area contributed by atoms with Gasteiger partial charge < -0.3 is 14.2 Å². The van der Waals surface area contributed by atoms with Crippen molar-refractivity contribution in [1.82, 2.24) is 0 Å². The lowest BCUT2D eigenvalue weighted by molar-refractivity contribution is -0.143. The van der Waals surface area contributed by atoms with E-state index in [0.29, 0.717) is 13.0 Å². The van der Waals surface area contributed by atoms with E-state index < -0.39 is 0 Å². The van der Waals surface area contributed by atoms with Crippen LogP contribution in [-0.4, -0.2) is 26.8 Å². The number of esters is 1. The number of ether oxygens (including phenoxy) is 3. The van der Waals surface area contributed by atoms with Gasteiger partial charge in [0.2, 0.25) is 0 Å². The van der Waals surface area contributed by atoms with Gasteiger partial charge in [-0.05, 0) is 43.9 Å². The van der Waals surface area contributed by atoms with Gasteiger partial charge >= 0.3 is 5.97 Å². The molecule has 19 heavy (non-hydrogen) atoms. The third-order valence-corrected chi connectivity index (χ3v) is 2.85. The fraction of sp³-hybridized carbons (Fsp3) is 0.533. The van der Waals surface area contributed by atoms with Crippen LogP contribution in [0.25, 0.3) is 0 Å². The highest BCUT2D eigenvalue weighted by Crippen LogP contribution is 2.28. The Balaban J connectivity index is 2.39. The summed E-state index contributed by atoms with van der Waals surface area (Å²) >= 11 is 0. The minimum Gasteiger partial charge on any atom is -0.493 e. The maximum atomic E-state index is 11.2. The molecule has 106 valence electrons. The molecule has 0 atom stereocenters. The number of hydrogen-bond donors (Lipinski definition) is 0. The molecule has 1 rings (SSSR count). The topological polar surface area (TPSA) is 44.8 Å². The zero-order valence-electron chi connectivity index (χ0n) is 11.9. The molecule has 0 unspecified atom stereocenters. The van der Waals surface area contributed by atoms with Crippen LogP contribution >= 0.6 is 0 Å². The Labute approximate surface area is 114 Å². The van der Waals surface area contributed by atoms with Gasteiger partial charge in [0, 0.05) is 6.42 Å². The molecule has 0 spiro atoms. The summed E-state index contributed by atoms with van der Waals surface area (Å²) in [5.74, 6) is 1.36. The number of methoxy groups -OCH3 is 2. The van der Waals surface area contributed by atoms with Crippen LogP contribution < -0.4 is 9.47 Å². The lowest BCUT2D eigenvalue weighted by Gasteiger charge is -2.09. The maximum absolute atomic E-state index is 11.2. The van der Waals surface area contributed by atoms with Crippen LogP contribution in [0, 0.1) is 0 Å². The molecule has 4 nitrogen and oxygen atoms in total. The second kappa shape index (κ2) is 8.40. The zero-order valence-corrected chi connectivity index (χ0v) is 11.9. The summed E-state index contributed by atoms with van der Waals surface area (Å²) in [6.45, 7) is 2.27. The van der Waals surface area contributed by atoms with Gasteiger partial charge in [-0.2, -0.15) is 0 Å². The molecule has 0 amide bonds. The molecular formula is C15H22O4. The van der Waals surface area contributed by atoms with Gasteiger partial charge in [-0.3, -0.25) is 4.79 Å². The van der Waals surface area contributed by atoms with E-state index >= 15 is 0 Å². The summed E-state index contributed by atoms with van der Waals surface area (Å²) in [4.78, 5) is 11.2. The number of unbranched alkanes of at least 4 members (excludes halogenated alkanes) is 1. The number of hydrogen-bond acceptors (Lipinski definition) is 4. The quantitative estimate of drug-likeness (QED) is 0.536. The van der Waals surface area contributed by atoms with Gasteiger partial charge in [-0.1, -0.05) is 6.07 Å². The molecule has 1 aromatic carbocycles. The molecular weight excluding hydrogens is 244 g/mol. The average molecular weight is 266 g/mol. The number of carbonyl (C=O) groups is 1. The maximum Gasteiger partial charge on any atom is 0.305 e. The molecule has 0 bridgehead atoms. The average Bonchev–Trinajstić information content (AvgIpc) is 2.43. The third kappa shape index (κ3) is 5.20. The van der Waals surface area contributed by atoms with Gasteiger partial charge in [-0.25, -0.2) is 0 Å². The van der Waals surface area contributed by atoms with Gasteiger partial charge in [0.1, 0.15) is 0 Å². The van der Waals surface area contributed by atoms with Crippen molar-refractivity contribution in [2.24, 2.45) is 0 Å². The lowest BCUT2D eigenvalue weighted by Crippen LogP contribution is -2.03.